The van der Waals surface area contributed by atoms with Gasteiger partial charge in [0.25, 0.3) is 0 Å². The van der Waals surface area contributed by atoms with Crippen molar-refractivity contribution in [2.75, 3.05) is 20.6 Å². The van der Waals surface area contributed by atoms with Gasteiger partial charge >= 0.3 is 0 Å². The smallest absolute Gasteiger partial charge is 0.0601 e. The van der Waals surface area contributed by atoms with Gasteiger partial charge in [0.15, 0.2) is 0 Å². The molecule has 0 spiro atoms. The molecule has 0 aliphatic heterocycles. The largest absolute Gasteiger partial charge is 0.393 e. The molecule has 80 valence electrons. The van der Waals surface area contributed by atoms with E-state index in [9.17, 15) is 5.11 Å². The van der Waals surface area contributed by atoms with Crippen molar-refractivity contribution in [3.05, 3.63) is 20.8 Å². The number of aliphatic hydroxyl groups excluding tert-OH is 1. The third-order valence-electron chi connectivity index (χ3n) is 2.02. The zero-order chi connectivity index (χ0) is 10.6. The van der Waals surface area contributed by atoms with Gasteiger partial charge in [0.1, 0.15) is 0 Å². The third kappa shape index (κ3) is 4.09. The van der Waals surface area contributed by atoms with E-state index < -0.39 is 0 Å². The molecule has 0 aliphatic carbocycles. The summed E-state index contributed by atoms with van der Waals surface area (Å²) in [6, 6.07) is 2.03. The monoisotopic (exact) mass is 277 g/mol. The van der Waals surface area contributed by atoms with Crippen LogP contribution >= 0.6 is 27.3 Å². The molecule has 1 unspecified atom stereocenters. The molecule has 1 heterocycles. The molecule has 1 aromatic heterocycles. The Labute approximate surface area is 97.7 Å². The lowest BCUT2D eigenvalue weighted by atomic mass is 10.1. The van der Waals surface area contributed by atoms with E-state index in [-0.39, 0.29) is 6.10 Å². The van der Waals surface area contributed by atoms with Crippen molar-refractivity contribution >= 4 is 27.3 Å². The zero-order valence-electron chi connectivity index (χ0n) is 8.53. The summed E-state index contributed by atoms with van der Waals surface area (Å²) < 4.78 is 1.12. The third-order valence-corrected chi connectivity index (χ3v) is 3.97. The van der Waals surface area contributed by atoms with Crippen molar-refractivity contribution in [1.29, 1.82) is 0 Å². The Morgan fingerprint density at radius 1 is 1.57 bits per heavy atom. The van der Waals surface area contributed by atoms with Gasteiger partial charge in [-0.15, -0.1) is 11.3 Å². The molecule has 0 saturated heterocycles. The van der Waals surface area contributed by atoms with E-state index in [0.717, 1.165) is 23.9 Å². The number of aliphatic hydroxyl groups is 1. The molecule has 0 fully saturated rings. The molecule has 0 radical (unpaired) electrons. The van der Waals surface area contributed by atoms with Crippen LogP contribution in [0.25, 0.3) is 0 Å². The molecule has 0 bridgehead atoms. The Morgan fingerprint density at radius 2 is 2.29 bits per heavy atom. The van der Waals surface area contributed by atoms with E-state index in [2.05, 4.69) is 20.8 Å². The van der Waals surface area contributed by atoms with E-state index in [1.807, 2.05) is 25.5 Å². The molecule has 4 heteroatoms. The maximum atomic E-state index is 9.75. The standard InChI is InChI=1S/C10H16BrNOS/c1-12(2)5-3-8(13)7-10-9(11)4-6-14-10/h4,6,8,13H,3,5,7H2,1-2H3. The molecule has 1 atom stereocenters. The fourth-order valence-corrected chi connectivity index (χ4v) is 2.78. The van der Waals surface area contributed by atoms with Gasteiger partial charge in [-0.2, -0.15) is 0 Å². The van der Waals surface area contributed by atoms with Gasteiger partial charge < -0.3 is 10.0 Å². The van der Waals surface area contributed by atoms with Crippen molar-refractivity contribution in [3.63, 3.8) is 0 Å². The van der Waals surface area contributed by atoms with Crippen LogP contribution in [0.3, 0.4) is 0 Å². The Balaban J connectivity index is 2.34. The van der Waals surface area contributed by atoms with Crippen molar-refractivity contribution in [2.45, 2.75) is 18.9 Å². The molecular formula is C10H16BrNOS. The van der Waals surface area contributed by atoms with Crippen LogP contribution in [-0.2, 0) is 6.42 Å². The van der Waals surface area contributed by atoms with Gasteiger partial charge in [-0.1, -0.05) is 0 Å². The maximum absolute atomic E-state index is 9.75. The first-order chi connectivity index (χ1) is 6.59. The van der Waals surface area contributed by atoms with E-state index in [0.29, 0.717) is 0 Å². The molecule has 0 aliphatic rings. The first-order valence-corrected chi connectivity index (χ1v) is 6.31. The second-order valence-electron chi connectivity index (χ2n) is 3.64. The van der Waals surface area contributed by atoms with Crippen LogP contribution in [0.1, 0.15) is 11.3 Å². The Morgan fingerprint density at radius 3 is 2.79 bits per heavy atom. The maximum Gasteiger partial charge on any atom is 0.0601 e. The van der Waals surface area contributed by atoms with E-state index >= 15 is 0 Å². The number of hydrogen-bond donors (Lipinski definition) is 1. The van der Waals surface area contributed by atoms with Gasteiger partial charge in [0, 0.05) is 15.8 Å². The second kappa shape index (κ2) is 5.85. The minimum atomic E-state index is -0.229. The number of nitrogens with zero attached hydrogens (tertiary/aromatic N) is 1. The minimum absolute atomic E-state index is 0.229. The molecule has 0 aromatic carbocycles. The first kappa shape index (κ1) is 12.2. The highest BCUT2D eigenvalue weighted by molar-refractivity contribution is 9.10. The van der Waals surface area contributed by atoms with Crippen LogP contribution in [0.2, 0.25) is 0 Å². The predicted molar refractivity (Wildman–Crippen MR) is 64.9 cm³/mol. The lowest BCUT2D eigenvalue weighted by molar-refractivity contribution is 0.153. The number of hydrogen-bond acceptors (Lipinski definition) is 3. The molecule has 14 heavy (non-hydrogen) atoms. The summed E-state index contributed by atoms with van der Waals surface area (Å²) in [6.07, 6.45) is 1.36. The average Bonchev–Trinajstić information content (AvgIpc) is 2.49. The molecule has 0 saturated carbocycles. The van der Waals surface area contributed by atoms with E-state index in [4.69, 9.17) is 0 Å². The van der Waals surface area contributed by atoms with Crippen LogP contribution in [0.5, 0.6) is 0 Å². The molecule has 1 N–H and O–H groups in total. The SMILES string of the molecule is CN(C)CCC(O)Cc1sccc1Br. The van der Waals surface area contributed by atoms with Crippen LogP contribution in [-0.4, -0.2) is 36.8 Å². The van der Waals surface area contributed by atoms with Crippen molar-refractivity contribution in [1.82, 2.24) is 4.90 Å². The Hall–Kier alpha value is 0.100. The summed E-state index contributed by atoms with van der Waals surface area (Å²) in [5.41, 5.74) is 0. The van der Waals surface area contributed by atoms with Crippen molar-refractivity contribution < 1.29 is 5.11 Å². The molecule has 2 nitrogen and oxygen atoms in total. The normalized spacial score (nSPS) is 13.5. The van der Waals surface area contributed by atoms with Crippen LogP contribution < -0.4 is 0 Å². The molecular weight excluding hydrogens is 262 g/mol. The second-order valence-corrected chi connectivity index (χ2v) is 5.50. The van der Waals surface area contributed by atoms with Crippen molar-refractivity contribution in [2.24, 2.45) is 0 Å². The number of thiophene rings is 1. The fourth-order valence-electron chi connectivity index (χ4n) is 1.19. The zero-order valence-corrected chi connectivity index (χ0v) is 10.9. The van der Waals surface area contributed by atoms with Gasteiger partial charge in [0.05, 0.1) is 6.10 Å². The Kier molecular flexibility index (Phi) is 5.09. The van der Waals surface area contributed by atoms with Crippen LogP contribution in [0.4, 0.5) is 0 Å². The lowest BCUT2D eigenvalue weighted by Gasteiger charge is -2.13. The first-order valence-electron chi connectivity index (χ1n) is 4.64. The fraction of sp³-hybridized carbons (Fsp3) is 0.600. The topological polar surface area (TPSA) is 23.5 Å². The highest BCUT2D eigenvalue weighted by atomic mass is 79.9. The number of rotatable bonds is 5. The molecule has 0 amide bonds. The summed E-state index contributed by atoms with van der Waals surface area (Å²) >= 11 is 5.16. The summed E-state index contributed by atoms with van der Waals surface area (Å²) in [5.74, 6) is 0. The molecule has 1 rings (SSSR count). The summed E-state index contributed by atoms with van der Waals surface area (Å²) in [4.78, 5) is 3.32. The van der Waals surface area contributed by atoms with Gasteiger partial charge in [-0.05, 0) is 54.4 Å². The van der Waals surface area contributed by atoms with Crippen molar-refractivity contribution in [3.8, 4) is 0 Å². The Bertz CT molecular complexity index is 275. The highest BCUT2D eigenvalue weighted by Gasteiger charge is 2.09. The van der Waals surface area contributed by atoms with Crippen LogP contribution in [0.15, 0.2) is 15.9 Å². The molecule has 1 aromatic rings. The van der Waals surface area contributed by atoms with E-state index in [1.165, 1.54) is 4.88 Å². The van der Waals surface area contributed by atoms with Gasteiger partial charge in [-0.25, -0.2) is 0 Å². The van der Waals surface area contributed by atoms with Gasteiger partial charge in [0.2, 0.25) is 0 Å². The summed E-state index contributed by atoms with van der Waals surface area (Å²) in [5, 5.41) is 11.8. The highest BCUT2D eigenvalue weighted by Crippen LogP contribution is 2.24. The predicted octanol–water partition coefficient (Wildman–Crippen LogP) is 2.37. The quantitative estimate of drug-likeness (QED) is 0.893. The minimum Gasteiger partial charge on any atom is -0.393 e. The van der Waals surface area contributed by atoms with Gasteiger partial charge in [-0.3, -0.25) is 0 Å². The summed E-state index contributed by atoms with van der Waals surface area (Å²) in [7, 11) is 4.04. The number of halogens is 1. The summed E-state index contributed by atoms with van der Waals surface area (Å²) in [6.45, 7) is 0.935. The van der Waals surface area contributed by atoms with E-state index in [1.54, 1.807) is 11.3 Å². The lowest BCUT2D eigenvalue weighted by Crippen LogP contribution is -2.20. The van der Waals surface area contributed by atoms with Crippen LogP contribution in [0, 0.1) is 0 Å². The average molecular weight is 278 g/mol.